The summed E-state index contributed by atoms with van der Waals surface area (Å²) in [7, 11) is 0. The normalized spacial score (nSPS) is 15.3. The molecule has 1 aliphatic carbocycles. The van der Waals surface area contributed by atoms with Gasteiger partial charge in [-0.2, -0.15) is 0 Å². The van der Waals surface area contributed by atoms with Crippen LogP contribution in [-0.4, -0.2) is 47.3 Å². The second kappa shape index (κ2) is 6.50. The molecule has 102 valence electrons. The molecule has 5 heteroatoms. The van der Waals surface area contributed by atoms with Gasteiger partial charge in [-0.15, -0.1) is 11.3 Å². The molecular formula is C13H23N3OS. The van der Waals surface area contributed by atoms with Crippen molar-refractivity contribution < 1.29 is 5.11 Å². The third-order valence-electron chi connectivity index (χ3n) is 3.38. The molecule has 0 amide bonds. The summed E-state index contributed by atoms with van der Waals surface area (Å²) in [5.74, 6) is 0. The van der Waals surface area contributed by atoms with E-state index in [2.05, 4.69) is 28.6 Å². The van der Waals surface area contributed by atoms with Gasteiger partial charge in [0.1, 0.15) is 0 Å². The van der Waals surface area contributed by atoms with Gasteiger partial charge in [0.2, 0.25) is 0 Å². The number of aliphatic hydroxyl groups is 1. The van der Waals surface area contributed by atoms with Gasteiger partial charge in [-0.05, 0) is 26.7 Å². The Labute approximate surface area is 113 Å². The highest BCUT2D eigenvalue weighted by atomic mass is 32.1. The van der Waals surface area contributed by atoms with E-state index in [4.69, 9.17) is 5.11 Å². The highest BCUT2D eigenvalue weighted by Gasteiger charge is 2.28. The van der Waals surface area contributed by atoms with Crippen LogP contribution in [0.1, 0.15) is 31.6 Å². The summed E-state index contributed by atoms with van der Waals surface area (Å²) in [6.45, 7) is 8.30. The fourth-order valence-electron chi connectivity index (χ4n) is 2.17. The first-order chi connectivity index (χ1) is 8.78. The summed E-state index contributed by atoms with van der Waals surface area (Å²) in [6.07, 6.45) is 4.55. The highest BCUT2D eigenvalue weighted by Crippen LogP contribution is 2.30. The molecule has 1 N–H and O–H groups in total. The van der Waals surface area contributed by atoms with Crippen LogP contribution in [0.15, 0.2) is 6.20 Å². The van der Waals surface area contributed by atoms with Crippen LogP contribution >= 0.6 is 11.3 Å². The van der Waals surface area contributed by atoms with E-state index in [1.165, 1.54) is 17.7 Å². The van der Waals surface area contributed by atoms with Crippen molar-refractivity contribution in [2.45, 2.75) is 39.3 Å². The maximum absolute atomic E-state index is 9.10. The highest BCUT2D eigenvalue weighted by molar-refractivity contribution is 7.15. The molecule has 0 atom stereocenters. The summed E-state index contributed by atoms with van der Waals surface area (Å²) in [5.41, 5.74) is 0. The van der Waals surface area contributed by atoms with Crippen LogP contribution in [0, 0.1) is 0 Å². The van der Waals surface area contributed by atoms with Gasteiger partial charge in [-0.1, -0.05) is 0 Å². The predicted octanol–water partition coefficient (Wildman–Crippen LogP) is 1.95. The summed E-state index contributed by atoms with van der Waals surface area (Å²) < 4.78 is 0. The molecule has 0 bridgehead atoms. The number of anilines is 1. The van der Waals surface area contributed by atoms with E-state index < -0.39 is 0 Å². The molecule has 1 aliphatic rings. The zero-order valence-corrected chi connectivity index (χ0v) is 12.1. The molecule has 1 fully saturated rings. The first-order valence-corrected chi connectivity index (χ1v) is 7.64. The van der Waals surface area contributed by atoms with Crippen molar-refractivity contribution in [1.29, 1.82) is 0 Å². The third-order valence-corrected chi connectivity index (χ3v) is 4.43. The molecule has 0 saturated heterocycles. The van der Waals surface area contributed by atoms with E-state index in [-0.39, 0.29) is 6.61 Å². The Hall–Kier alpha value is -0.650. The van der Waals surface area contributed by atoms with E-state index in [9.17, 15) is 0 Å². The second-order valence-corrected chi connectivity index (χ2v) is 5.80. The summed E-state index contributed by atoms with van der Waals surface area (Å²) in [4.78, 5) is 10.5. The van der Waals surface area contributed by atoms with Crippen LogP contribution in [-0.2, 0) is 6.54 Å². The smallest absolute Gasteiger partial charge is 0.185 e. The fourth-order valence-corrected chi connectivity index (χ4v) is 3.23. The van der Waals surface area contributed by atoms with E-state index >= 15 is 0 Å². The summed E-state index contributed by atoms with van der Waals surface area (Å²) in [6, 6.07) is 0.691. The molecule has 1 saturated carbocycles. The maximum Gasteiger partial charge on any atom is 0.185 e. The minimum Gasteiger partial charge on any atom is -0.395 e. The molecule has 2 rings (SSSR count). The van der Waals surface area contributed by atoms with E-state index in [0.717, 1.165) is 31.3 Å². The van der Waals surface area contributed by atoms with Crippen molar-refractivity contribution >= 4 is 16.5 Å². The van der Waals surface area contributed by atoms with E-state index in [0.29, 0.717) is 6.04 Å². The van der Waals surface area contributed by atoms with Gasteiger partial charge in [0.25, 0.3) is 0 Å². The number of aromatic nitrogens is 1. The second-order valence-electron chi connectivity index (χ2n) is 4.71. The lowest BCUT2D eigenvalue weighted by molar-refractivity contribution is 0.184. The number of hydrogen-bond acceptors (Lipinski definition) is 5. The minimum atomic E-state index is 0.248. The monoisotopic (exact) mass is 269 g/mol. The quantitative estimate of drug-likeness (QED) is 0.783. The van der Waals surface area contributed by atoms with Crippen LogP contribution in [0.3, 0.4) is 0 Å². The number of rotatable bonds is 8. The molecule has 0 unspecified atom stereocenters. The Kier molecular flexibility index (Phi) is 4.97. The third kappa shape index (κ3) is 3.43. The van der Waals surface area contributed by atoms with Gasteiger partial charge in [0.15, 0.2) is 5.13 Å². The lowest BCUT2D eigenvalue weighted by Gasteiger charge is -2.19. The first kappa shape index (κ1) is 13.8. The van der Waals surface area contributed by atoms with Crippen molar-refractivity contribution in [1.82, 2.24) is 9.88 Å². The lowest BCUT2D eigenvalue weighted by atomic mass is 10.4. The van der Waals surface area contributed by atoms with Crippen molar-refractivity contribution in [3.05, 3.63) is 11.1 Å². The topological polar surface area (TPSA) is 39.6 Å². The average Bonchev–Trinajstić information content (AvgIpc) is 3.12. The van der Waals surface area contributed by atoms with Crippen molar-refractivity contribution in [3.63, 3.8) is 0 Å². The zero-order valence-electron chi connectivity index (χ0n) is 11.3. The van der Waals surface area contributed by atoms with Crippen LogP contribution < -0.4 is 4.90 Å². The van der Waals surface area contributed by atoms with Crippen LogP contribution in [0.5, 0.6) is 0 Å². The summed E-state index contributed by atoms with van der Waals surface area (Å²) in [5, 5.41) is 10.2. The molecule has 1 heterocycles. The molecule has 0 aliphatic heterocycles. The first-order valence-electron chi connectivity index (χ1n) is 6.83. The fraction of sp³-hybridized carbons (Fsp3) is 0.769. The van der Waals surface area contributed by atoms with Crippen molar-refractivity contribution in [2.75, 3.05) is 31.1 Å². The standard InChI is InChI=1S/C13H23N3OS/c1-3-15(4-2)13-14-9-12(18-13)10-16(7-8-17)11-5-6-11/h9,11,17H,3-8,10H2,1-2H3. The van der Waals surface area contributed by atoms with Gasteiger partial charge in [-0.25, -0.2) is 4.98 Å². The Balaban J connectivity index is 1.96. The predicted molar refractivity (Wildman–Crippen MR) is 76.2 cm³/mol. The molecule has 0 spiro atoms. The summed E-state index contributed by atoms with van der Waals surface area (Å²) >= 11 is 1.78. The lowest BCUT2D eigenvalue weighted by Crippen LogP contribution is -2.28. The molecule has 4 nitrogen and oxygen atoms in total. The number of thiazole rings is 1. The van der Waals surface area contributed by atoms with Gasteiger partial charge < -0.3 is 10.0 Å². The number of hydrogen-bond donors (Lipinski definition) is 1. The average molecular weight is 269 g/mol. The Morgan fingerprint density at radius 2 is 2.11 bits per heavy atom. The van der Waals surface area contributed by atoms with Gasteiger partial charge >= 0.3 is 0 Å². The van der Waals surface area contributed by atoms with E-state index in [1.54, 1.807) is 11.3 Å². The Morgan fingerprint density at radius 1 is 1.39 bits per heavy atom. The molecule has 1 aromatic rings. The Morgan fingerprint density at radius 3 is 2.67 bits per heavy atom. The minimum absolute atomic E-state index is 0.248. The zero-order chi connectivity index (χ0) is 13.0. The largest absolute Gasteiger partial charge is 0.395 e. The molecule has 0 radical (unpaired) electrons. The maximum atomic E-state index is 9.10. The SMILES string of the molecule is CCN(CC)c1ncc(CN(CCO)C2CC2)s1. The van der Waals surface area contributed by atoms with Crippen LogP contribution in [0.2, 0.25) is 0 Å². The van der Waals surface area contributed by atoms with Crippen LogP contribution in [0.4, 0.5) is 5.13 Å². The Bertz CT molecular complexity index is 361. The van der Waals surface area contributed by atoms with Crippen LogP contribution in [0.25, 0.3) is 0 Å². The molecule has 18 heavy (non-hydrogen) atoms. The van der Waals surface area contributed by atoms with Crippen molar-refractivity contribution in [3.8, 4) is 0 Å². The van der Waals surface area contributed by atoms with E-state index in [1.807, 2.05) is 6.20 Å². The molecule has 0 aromatic carbocycles. The molecular weight excluding hydrogens is 246 g/mol. The van der Waals surface area contributed by atoms with Gasteiger partial charge in [0, 0.05) is 43.3 Å². The van der Waals surface area contributed by atoms with Gasteiger partial charge in [0.05, 0.1) is 6.61 Å². The molecule has 1 aromatic heterocycles. The number of aliphatic hydroxyl groups excluding tert-OH is 1. The van der Waals surface area contributed by atoms with Gasteiger partial charge in [-0.3, -0.25) is 4.90 Å². The number of nitrogens with zero attached hydrogens (tertiary/aromatic N) is 3. The van der Waals surface area contributed by atoms with Crippen molar-refractivity contribution in [2.24, 2.45) is 0 Å².